The van der Waals surface area contributed by atoms with E-state index >= 15 is 0 Å². The van der Waals surface area contributed by atoms with E-state index in [1.54, 1.807) is 42.3 Å². The molecule has 4 rings (SSSR count). The van der Waals surface area contributed by atoms with E-state index in [4.69, 9.17) is 9.47 Å². The summed E-state index contributed by atoms with van der Waals surface area (Å²) in [6, 6.07) is 13.9. The lowest BCUT2D eigenvalue weighted by atomic mass is 9.83. The summed E-state index contributed by atoms with van der Waals surface area (Å²) >= 11 is 0. The lowest BCUT2D eigenvalue weighted by Gasteiger charge is -2.40. The molecule has 4 atom stereocenters. The lowest BCUT2D eigenvalue weighted by Crippen LogP contribution is -2.50. The summed E-state index contributed by atoms with van der Waals surface area (Å²) in [5.74, 6) is -1.25. The smallest absolute Gasteiger partial charge is 0.337 e. The van der Waals surface area contributed by atoms with E-state index in [-0.39, 0.29) is 35.6 Å². The SMILES string of the molecule is COC(=O)c1c[c]cc(-c2cccc(C(=O)N[C@H]3CCN([C@H]4CC[C@@H](OC)C[C@@H]4CS(C)(=O)=O)C3=O)c2)c1. The van der Waals surface area contributed by atoms with Gasteiger partial charge in [0.05, 0.1) is 24.5 Å². The lowest BCUT2D eigenvalue weighted by molar-refractivity contribution is -0.133. The highest BCUT2D eigenvalue weighted by molar-refractivity contribution is 7.90. The second-order valence-electron chi connectivity index (χ2n) is 10.0. The number of carbonyl (C=O) groups is 3. The number of esters is 1. The molecule has 1 saturated heterocycles. The van der Waals surface area contributed by atoms with E-state index in [2.05, 4.69) is 11.4 Å². The van der Waals surface area contributed by atoms with Crippen molar-refractivity contribution >= 4 is 27.6 Å². The Morgan fingerprint density at radius 1 is 1.08 bits per heavy atom. The summed E-state index contributed by atoms with van der Waals surface area (Å²) in [6.07, 6.45) is 3.64. The van der Waals surface area contributed by atoms with Crippen LogP contribution < -0.4 is 5.32 Å². The van der Waals surface area contributed by atoms with Gasteiger partial charge in [-0.1, -0.05) is 12.1 Å². The molecule has 0 spiro atoms. The molecular formula is C28H33N2O7S. The molecule has 2 fully saturated rings. The van der Waals surface area contributed by atoms with Crippen molar-refractivity contribution in [2.75, 3.05) is 32.8 Å². The fraction of sp³-hybridized carbons (Fsp3) is 0.464. The van der Waals surface area contributed by atoms with Gasteiger partial charge in [0.2, 0.25) is 5.91 Å². The van der Waals surface area contributed by atoms with Crippen LogP contribution in [0.2, 0.25) is 0 Å². The molecule has 2 aromatic rings. The number of rotatable bonds is 8. The quantitative estimate of drug-likeness (QED) is 0.510. The van der Waals surface area contributed by atoms with Gasteiger partial charge in [-0.3, -0.25) is 9.59 Å². The number of likely N-dealkylation sites (tertiary alicyclic amines) is 1. The Labute approximate surface area is 223 Å². The van der Waals surface area contributed by atoms with Crippen molar-refractivity contribution in [1.29, 1.82) is 0 Å². The zero-order valence-corrected chi connectivity index (χ0v) is 22.6. The predicted octanol–water partition coefficient (Wildman–Crippen LogP) is 2.50. The summed E-state index contributed by atoms with van der Waals surface area (Å²) in [5, 5.41) is 2.86. The summed E-state index contributed by atoms with van der Waals surface area (Å²) in [4.78, 5) is 40.1. The van der Waals surface area contributed by atoms with E-state index in [1.807, 2.05) is 6.07 Å². The molecule has 0 aromatic heterocycles. The number of ether oxygens (including phenoxy) is 2. The minimum Gasteiger partial charge on any atom is -0.465 e. The topological polar surface area (TPSA) is 119 Å². The van der Waals surface area contributed by atoms with Gasteiger partial charge in [-0.25, -0.2) is 13.2 Å². The Hall–Kier alpha value is -3.24. The third-order valence-corrected chi connectivity index (χ3v) is 8.39. The highest BCUT2D eigenvalue weighted by atomic mass is 32.2. The number of hydrogen-bond donors (Lipinski definition) is 1. The van der Waals surface area contributed by atoms with Crippen LogP contribution in [0.5, 0.6) is 0 Å². The van der Waals surface area contributed by atoms with Gasteiger partial charge in [0.15, 0.2) is 0 Å². The number of methoxy groups -OCH3 is 2. The molecule has 1 saturated carbocycles. The van der Waals surface area contributed by atoms with Crippen LogP contribution in [0.3, 0.4) is 0 Å². The van der Waals surface area contributed by atoms with Crippen molar-refractivity contribution in [3.05, 3.63) is 59.7 Å². The molecule has 2 aliphatic rings. The minimum atomic E-state index is -3.23. The Kier molecular flexibility index (Phi) is 8.52. The van der Waals surface area contributed by atoms with Crippen LogP contribution in [0.15, 0.2) is 42.5 Å². The molecular weight excluding hydrogens is 508 g/mol. The average molecular weight is 542 g/mol. The first kappa shape index (κ1) is 27.8. The first-order chi connectivity index (χ1) is 18.1. The molecule has 38 heavy (non-hydrogen) atoms. The molecule has 1 N–H and O–H groups in total. The Bertz CT molecular complexity index is 1310. The van der Waals surface area contributed by atoms with Crippen LogP contribution >= 0.6 is 0 Å². The van der Waals surface area contributed by atoms with Gasteiger partial charge in [-0.05, 0) is 79.1 Å². The van der Waals surface area contributed by atoms with E-state index in [9.17, 15) is 22.8 Å². The number of nitrogens with zero attached hydrogens (tertiary/aromatic N) is 1. The maximum atomic E-state index is 13.3. The van der Waals surface area contributed by atoms with Gasteiger partial charge in [0, 0.05) is 31.5 Å². The second-order valence-corrected chi connectivity index (χ2v) is 12.2. The molecule has 2 amide bonds. The fourth-order valence-corrected chi connectivity index (χ4v) is 6.65. The molecule has 9 nitrogen and oxygen atoms in total. The minimum absolute atomic E-state index is 0.000266. The third-order valence-electron chi connectivity index (χ3n) is 7.36. The van der Waals surface area contributed by atoms with E-state index in [0.717, 1.165) is 12.0 Å². The number of amides is 2. The molecule has 1 aliphatic carbocycles. The first-order valence-corrected chi connectivity index (χ1v) is 14.7. The largest absolute Gasteiger partial charge is 0.465 e. The van der Waals surface area contributed by atoms with E-state index in [0.29, 0.717) is 42.5 Å². The Morgan fingerprint density at radius 3 is 2.55 bits per heavy atom. The highest BCUT2D eigenvalue weighted by Crippen LogP contribution is 2.33. The fourth-order valence-electron chi connectivity index (χ4n) is 5.52. The van der Waals surface area contributed by atoms with Crippen LogP contribution in [0.25, 0.3) is 11.1 Å². The van der Waals surface area contributed by atoms with Gasteiger partial charge in [0.25, 0.3) is 5.91 Å². The number of sulfone groups is 1. The number of benzene rings is 2. The standard InChI is InChI=1S/C28H33N2O7S/c1-36-23-10-11-25(22(16-23)17-38(3,34)35)30-13-12-24(27(30)32)29-26(31)20-8-4-6-18(14-20)19-7-5-9-21(15-19)28(33)37-2/h4,6-9,14-15,22-25H,10-13,16-17H2,1-3H3,(H,29,31)/t22-,23-,24+,25+/m1/s1. The summed E-state index contributed by atoms with van der Waals surface area (Å²) in [5.41, 5.74) is 2.16. The highest BCUT2D eigenvalue weighted by Gasteiger charge is 2.43. The Balaban J connectivity index is 1.46. The van der Waals surface area contributed by atoms with Gasteiger partial charge < -0.3 is 19.7 Å². The second kappa shape index (κ2) is 11.7. The van der Waals surface area contributed by atoms with Crippen molar-refractivity contribution in [3.8, 4) is 11.1 Å². The monoisotopic (exact) mass is 541 g/mol. The molecule has 0 unspecified atom stereocenters. The maximum Gasteiger partial charge on any atom is 0.337 e. The molecule has 10 heteroatoms. The van der Waals surface area contributed by atoms with Crippen LogP contribution in [0, 0.1) is 12.0 Å². The molecule has 2 aromatic carbocycles. The maximum absolute atomic E-state index is 13.3. The van der Waals surface area contributed by atoms with Crippen LogP contribution in [-0.2, 0) is 24.1 Å². The molecule has 0 bridgehead atoms. The van der Waals surface area contributed by atoms with Gasteiger partial charge in [0.1, 0.15) is 15.9 Å². The van der Waals surface area contributed by atoms with Crippen LogP contribution in [-0.4, -0.2) is 82.1 Å². The van der Waals surface area contributed by atoms with E-state index in [1.165, 1.54) is 19.4 Å². The summed E-state index contributed by atoms with van der Waals surface area (Å²) < 4.78 is 34.4. The van der Waals surface area contributed by atoms with Gasteiger partial charge >= 0.3 is 5.97 Å². The zero-order chi connectivity index (χ0) is 27.4. The van der Waals surface area contributed by atoms with Crippen molar-refractivity contribution < 1.29 is 32.3 Å². The third kappa shape index (κ3) is 6.42. The average Bonchev–Trinajstić information content (AvgIpc) is 3.26. The molecule has 1 radical (unpaired) electrons. The van der Waals surface area contributed by atoms with Crippen LogP contribution in [0.1, 0.15) is 46.4 Å². The first-order valence-electron chi connectivity index (χ1n) is 12.6. The van der Waals surface area contributed by atoms with Gasteiger partial charge in [-0.2, -0.15) is 0 Å². The Morgan fingerprint density at radius 2 is 1.84 bits per heavy atom. The van der Waals surface area contributed by atoms with Crippen molar-refractivity contribution in [2.24, 2.45) is 5.92 Å². The molecule has 1 heterocycles. The normalized spacial score (nSPS) is 23.8. The zero-order valence-electron chi connectivity index (χ0n) is 21.8. The summed E-state index contributed by atoms with van der Waals surface area (Å²) in [7, 11) is -0.301. The molecule has 1 aliphatic heterocycles. The van der Waals surface area contributed by atoms with Gasteiger partial charge in [-0.15, -0.1) is 0 Å². The van der Waals surface area contributed by atoms with E-state index < -0.39 is 21.8 Å². The predicted molar refractivity (Wildman–Crippen MR) is 141 cm³/mol. The number of hydrogen-bond acceptors (Lipinski definition) is 7. The van der Waals surface area contributed by atoms with Crippen molar-refractivity contribution in [2.45, 2.75) is 43.9 Å². The summed E-state index contributed by atoms with van der Waals surface area (Å²) in [6.45, 7) is 0.461. The van der Waals surface area contributed by atoms with Crippen LogP contribution in [0.4, 0.5) is 0 Å². The molecule has 203 valence electrons. The number of carbonyl (C=O) groups excluding carboxylic acids is 3. The number of nitrogens with one attached hydrogen (secondary N) is 1. The van der Waals surface area contributed by atoms with Crippen molar-refractivity contribution in [1.82, 2.24) is 10.2 Å². The van der Waals surface area contributed by atoms with Crippen molar-refractivity contribution in [3.63, 3.8) is 0 Å².